The van der Waals surface area contributed by atoms with Crippen molar-refractivity contribution in [1.29, 1.82) is 0 Å². The van der Waals surface area contributed by atoms with Crippen LogP contribution in [0.5, 0.6) is 5.75 Å². The van der Waals surface area contributed by atoms with Crippen LogP contribution in [0.4, 0.5) is 4.39 Å². The van der Waals surface area contributed by atoms with E-state index in [9.17, 15) is 14.3 Å². The first kappa shape index (κ1) is 24.0. The molecule has 1 aromatic rings. The van der Waals surface area contributed by atoms with Gasteiger partial charge >= 0.3 is 0 Å². The highest BCUT2D eigenvalue weighted by molar-refractivity contribution is 5.99. The van der Waals surface area contributed by atoms with Gasteiger partial charge in [0.05, 0.1) is 18.8 Å². The molecule has 0 aromatic heterocycles. The van der Waals surface area contributed by atoms with E-state index < -0.39 is 11.6 Å². The number of rotatable bonds is 6. The fraction of sp³-hybridized carbons (Fsp3) is 0.720. The average molecular weight is 435 g/mol. The van der Waals surface area contributed by atoms with E-state index in [2.05, 4.69) is 19.2 Å². The van der Waals surface area contributed by atoms with Crippen molar-refractivity contribution in [3.05, 3.63) is 29.1 Å². The third-order valence-corrected chi connectivity index (χ3v) is 7.10. The SMILES string of the molecule is C1COCCN1.CCCC[C@@H](C)C1CCC(CN2Cc3ccc(O)c(F)c3C2=O)CC1. The van der Waals surface area contributed by atoms with Gasteiger partial charge in [-0.25, -0.2) is 4.39 Å². The van der Waals surface area contributed by atoms with E-state index in [0.29, 0.717) is 24.6 Å². The lowest BCUT2D eigenvalue weighted by Crippen LogP contribution is -2.32. The molecule has 1 aromatic carbocycles. The molecule has 2 fully saturated rings. The molecule has 0 spiro atoms. The minimum atomic E-state index is -0.765. The summed E-state index contributed by atoms with van der Waals surface area (Å²) in [6.45, 7) is 9.65. The molecular formula is C25H39FN2O3. The second kappa shape index (κ2) is 11.8. The number of fused-ring (bicyclic) bond motifs is 1. The molecule has 6 heteroatoms. The Morgan fingerprint density at radius 1 is 1.23 bits per heavy atom. The van der Waals surface area contributed by atoms with Crippen LogP contribution in [0.25, 0.3) is 0 Å². The molecule has 2 heterocycles. The van der Waals surface area contributed by atoms with Crippen LogP contribution in [0.1, 0.15) is 74.7 Å². The molecule has 0 unspecified atom stereocenters. The summed E-state index contributed by atoms with van der Waals surface area (Å²) in [6, 6.07) is 3.01. The molecule has 1 aliphatic carbocycles. The number of unbranched alkanes of at least 4 members (excludes halogenated alkanes) is 1. The summed E-state index contributed by atoms with van der Waals surface area (Å²) in [4.78, 5) is 14.3. The van der Waals surface area contributed by atoms with Gasteiger partial charge in [-0.15, -0.1) is 0 Å². The van der Waals surface area contributed by atoms with Gasteiger partial charge in [-0.2, -0.15) is 0 Å². The van der Waals surface area contributed by atoms with Crippen LogP contribution in [0.3, 0.4) is 0 Å². The predicted molar refractivity (Wildman–Crippen MR) is 121 cm³/mol. The number of carbonyl (C=O) groups excluding carboxylic acids is 1. The van der Waals surface area contributed by atoms with Crippen LogP contribution >= 0.6 is 0 Å². The minimum absolute atomic E-state index is 0.0712. The highest BCUT2D eigenvalue weighted by Crippen LogP contribution is 2.37. The van der Waals surface area contributed by atoms with Crippen LogP contribution in [0, 0.1) is 23.6 Å². The van der Waals surface area contributed by atoms with E-state index in [1.54, 1.807) is 11.0 Å². The van der Waals surface area contributed by atoms with Crippen molar-refractivity contribution in [2.45, 2.75) is 65.3 Å². The van der Waals surface area contributed by atoms with E-state index >= 15 is 0 Å². The smallest absolute Gasteiger partial charge is 0.257 e. The standard InChI is InChI=1S/C21H30FNO2.C4H9NO/c1-3-4-5-14(2)16-8-6-15(7-9-16)12-23-13-17-10-11-18(24)20(22)19(17)21(23)25;1-3-6-4-2-5-1/h10-11,14-16,24H,3-9,12-13H2,1-2H3;5H,1-4H2/t14-,15?,16?;/m1./s1. The molecule has 4 rings (SSSR count). The maximum Gasteiger partial charge on any atom is 0.257 e. The van der Waals surface area contributed by atoms with Gasteiger partial charge in [-0.3, -0.25) is 4.79 Å². The Morgan fingerprint density at radius 2 is 1.94 bits per heavy atom. The molecular weight excluding hydrogens is 395 g/mol. The van der Waals surface area contributed by atoms with Gasteiger partial charge in [0.25, 0.3) is 5.91 Å². The Kier molecular flexibility index (Phi) is 9.15. The number of hydrogen-bond acceptors (Lipinski definition) is 4. The van der Waals surface area contributed by atoms with Crippen LogP contribution < -0.4 is 5.32 Å². The number of morpholine rings is 1. The molecule has 174 valence electrons. The minimum Gasteiger partial charge on any atom is -0.505 e. The van der Waals surface area contributed by atoms with E-state index in [1.807, 2.05) is 0 Å². The number of nitrogens with one attached hydrogen (secondary N) is 1. The summed E-state index contributed by atoms with van der Waals surface area (Å²) in [7, 11) is 0. The molecule has 1 atom stereocenters. The molecule has 3 aliphatic rings. The predicted octanol–water partition coefficient (Wildman–Crippen LogP) is 4.73. The average Bonchev–Trinajstić information content (AvgIpc) is 3.12. The summed E-state index contributed by atoms with van der Waals surface area (Å²) in [6.07, 6.45) is 8.74. The first-order valence-corrected chi connectivity index (χ1v) is 12.1. The van der Waals surface area contributed by atoms with Gasteiger partial charge in [0.2, 0.25) is 0 Å². The Bertz CT molecular complexity index is 703. The van der Waals surface area contributed by atoms with Crippen LogP contribution in [-0.4, -0.2) is 48.8 Å². The summed E-state index contributed by atoms with van der Waals surface area (Å²) < 4.78 is 19.1. The molecule has 2 N–H and O–H groups in total. The third-order valence-electron chi connectivity index (χ3n) is 7.10. The van der Waals surface area contributed by atoms with E-state index in [-0.39, 0.29) is 11.5 Å². The van der Waals surface area contributed by atoms with Gasteiger partial charge in [0.15, 0.2) is 11.6 Å². The highest BCUT2D eigenvalue weighted by Gasteiger charge is 2.34. The largest absolute Gasteiger partial charge is 0.505 e. The van der Waals surface area contributed by atoms with E-state index in [4.69, 9.17) is 4.74 Å². The number of carbonyl (C=O) groups is 1. The third kappa shape index (κ3) is 6.42. The maximum atomic E-state index is 14.0. The van der Waals surface area contributed by atoms with E-state index in [1.165, 1.54) is 38.2 Å². The number of phenolic OH excluding ortho intramolecular Hbond substituents is 1. The fourth-order valence-electron chi connectivity index (χ4n) is 5.08. The molecule has 1 amide bonds. The molecule has 0 radical (unpaired) electrons. The normalized spacial score (nSPS) is 24.4. The molecule has 0 bridgehead atoms. The molecule has 2 aliphatic heterocycles. The van der Waals surface area contributed by atoms with Crippen LogP contribution in [-0.2, 0) is 11.3 Å². The number of nitrogens with zero attached hydrogens (tertiary/aromatic N) is 1. The second-order valence-electron chi connectivity index (χ2n) is 9.38. The topological polar surface area (TPSA) is 61.8 Å². The number of phenols is 1. The Morgan fingerprint density at radius 3 is 2.52 bits per heavy atom. The summed E-state index contributed by atoms with van der Waals surface area (Å²) >= 11 is 0. The van der Waals surface area contributed by atoms with Crippen molar-refractivity contribution in [2.24, 2.45) is 17.8 Å². The Labute approximate surface area is 186 Å². The number of halogens is 1. The van der Waals surface area contributed by atoms with Gasteiger partial charge in [-0.1, -0.05) is 39.2 Å². The zero-order chi connectivity index (χ0) is 22.2. The first-order chi connectivity index (χ1) is 15.0. The van der Waals surface area contributed by atoms with Crippen molar-refractivity contribution < 1.29 is 19.0 Å². The summed E-state index contributed by atoms with van der Waals surface area (Å²) in [5.74, 6) is 0.680. The number of benzene rings is 1. The van der Waals surface area contributed by atoms with Gasteiger partial charge in [-0.05, 0) is 55.1 Å². The van der Waals surface area contributed by atoms with Crippen molar-refractivity contribution >= 4 is 5.91 Å². The van der Waals surface area contributed by atoms with Crippen LogP contribution in [0.15, 0.2) is 12.1 Å². The van der Waals surface area contributed by atoms with Crippen molar-refractivity contribution in [1.82, 2.24) is 10.2 Å². The highest BCUT2D eigenvalue weighted by atomic mass is 19.1. The summed E-state index contributed by atoms with van der Waals surface area (Å²) in [5, 5.41) is 12.7. The number of aromatic hydroxyl groups is 1. The van der Waals surface area contributed by atoms with E-state index in [0.717, 1.165) is 51.0 Å². The monoisotopic (exact) mass is 434 g/mol. The van der Waals surface area contributed by atoms with Crippen molar-refractivity contribution in [3.63, 3.8) is 0 Å². The van der Waals surface area contributed by atoms with Crippen LogP contribution in [0.2, 0.25) is 0 Å². The molecule has 5 nitrogen and oxygen atoms in total. The lowest BCUT2D eigenvalue weighted by molar-refractivity contribution is 0.0717. The zero-order valence-corrected chi connectivity index (χ0v) is 19.2. The van der Waals surface area contributed by atoms with Gasteiger partial charge in [0.1, 0.15) is 0 Å². The molecule has 1 saturated heterocycles. The first-order valence-electron chi connectivity index (χ1n) is 12.1. The van der Waals surface area contributed by atoms with Gasteiger partial charge in [0, 0.05) is 26.2 Å². The number of amides is 1. The van der Waals surface area contributed by atoms with Crippen molar-refractivity contribution in [2.75, 3.05) is 32.8 Å². The van der Waals surface area contributed by atoms with Gasteiger partial charge < -0.3 is 20.1 Å². The fourth-order valence-corrected chi connectivity index (χ4v) is 5.08. The zero-order valence-electron chi connectivity index (χ0n) is 19.2. The number of hydrogen-bond donors (Lipinski definition) is 2. The van der Waals surface area contributed by atoms with Crippen molar-refractivity contribution in [3.8, 4) is 5.75 Å². The second-order valence-corrected chi connectivity index (χ2v) is 9.38. The molecule has 31 heavy (non-hydrogen) atoms. The lowest BCUT2D eigenvalue weighted by atomic mass is 9.75. The summed E-state index contributed by atoms with van der Waals surface area (Å²) in [5.41, 5.74) is 0.768. The lowest BCUT2D eigenvalue weighted by Gasteiger charge is -2.34. The molecule has 1 saturated carbocycles. The maximum absolute atomic E-state index is 14.0. The Hall–Kier alpha value is -1.66. The quantitative estimate of drug-likeness (QED) is 0.680. The number of ether oxygens (including phenoxy) is 1. The Balaban J connectivity index is 0.000000391.